The van der Waals surface area contributed by atoms with Crippen molar-refractivity contribution in [2.45, 2.75) is 38.7 Å². The van der Waals surface area contributed by atoms with Crippen molar-refractivity contribution >= 4 is 29.1 Å². The minimum absolute atomic E-state index is 0.0241. The molecule has 0 bridgehead atoms. The van der Waals surface area contributed by atoms with E-state index in [2.05, 4.69) is 11.5 Å². The number of hydrogen-bond donors (Lipinski definition) is 0. The number of aromatic nitrogens is 1. The average molecular weight is 353 g/mol. The molecule has 0 N–H and O–H groups in total. The van der Waals surface area contributed by atoms with E-state index in [1.165, 1.54) is 0 Å². The highest BCUT2D eigenvalue weighted by Gasteiger charge is 2.19. The van der Waals surface area contributed by atoms with Crippen LogP contribution in [0, 0.1) is 0 Å². The fourth-order valence-electron chi connectivity index (χ4n) is 2.56. The highest BCUT2D eigenvalue weighted by Crippen LogP contribution is 2.15. The largest absolute Gasteiger partial charge is 0.345 e. The van der Waals surface area contributed by atoms with E-state index in [0.717, 1.165) is 29.2 Å². The molecule has 1 aromatic carbocycles. The number of nitrogens with zero attached hydrogens (tertiary/aromatic N) is 2. The fourth-order valence-corrected chi connectivity index (χ4v) is 2.91. The van der Waals surface area contributed by atoms with E-state index in [4.69, 9.17) is 23.2 Å². The van der Waals surface area contributed by atoms with Gasteiger partial charge in [0.25, 0.3) is 0 Å². The maximum atomic E-state index is 12.2. The molecular formula is C18H22Cl2N2O. The molecule has 1 aromatic heterocycles. The van der Waals surface area contributed by atoms with E-state index in [1.54, 1.807) is 6.92 Å². The van der Waals surface area contributed by atoms with E-state index in [0.29, 0.717) is 13.1 Å². The summed E-state index contributed by atoms with van der Waals surface area (Å²) < 4.78 is 2.14. The lowest BCUT2D eigenvalue weighted by atomic mass is 10.2. The van der Waals surface area contributed by atoms with Crippen LogP contribution in [0.3, 0.4) is 0 Å². The molecule has 2 rings (SSSR count). The molecule has 0 saturated carbocycles. The van der Waals surface area contributed by atoms with E-state index in [9.17, 15) is 4.79 Å². The Kier molecular flexibility index (Phi) is 6.55. The summed E-state index contributed by atoms with van der Waals surface area (Å²) in [4.78, 5) is 14.1. The Morgan fingerprint density at radius 2 is 2.09 bits per heavy atom. The molecule has 0 aliphatic heterocycles. The van der Waals surface area contributed by atoms with Crippen LogP contribution in [-0.2, 0) is 17.9 Å². The van der Waals surface area contributed by atoms with Crippen molar-refractivity contribution < 1.29 is 4.79 Å². The summed E-state index contributed by atoms with van der Waals surface area (Å²) in [5.74, 6) is -0.0241. The van der Waals surface area contributed by atoms with Gasteiger partial charge in [0.1, 0.15) is 5.38 Å². The van der Waals surface area contributed by atoms with Crippen LogP contribution in [-0.4, -0.2) is 27.3 Å². The first kappa shape index (κ1) is 17.9. The minimum Gasteiger partial charge on any atom is -0.345 e. The molecule has 0 spiro atoms. The van der Waals surface area contributed by atoms with Crippen LogP contribution in [0.4, 0.5) is 0 Å². The van der Waals surface area contributed by atoms with Crippen LogP contribution >= 0.6 is 23.2 Å². The molecule has 1 amide bonds. The minimum atomic E-state index is -0.502. The monoisotopic (exact) mass is 352 g/mol. The molecule has 1 atom stereocenters. The third kappa shape index (κ3) is 5.02. The Balaban J connectivity index is 2.14. The zero-order valence-electron chi connectivity index (χ0n) is 13.5. The zero-order valence-corrected chi connectivity index (χ0v) is 15.0. The third-order valence-electron chi connectivity index (χ3n) is 3.66. The summed E-state index contributed by atoms with van der Waals surface area (Å²) in [6.45, 7) is 5.78. The molecule has 3 nitrogen and oxygen atoms in total. The van der Waals surface area contributed by atoms with Crippen LogP contribution in [0.5, 0.6) is 0 Å². The molecule has 0 saturated heterocycles. The van der Waals surface area contributed by atoms with Gasteiger partial charge in [0, 0.05) is 30.0 Å². The lowest BCUT2D eigenvalue weighted by Crippen LogP contribution is -2.36. The van der Waals surface area contributed by atoms with E-state index < -0.39 is 5.38 Å². The normalized spacial score (nSPS) is 12.2. The van der Waals surface area contributed by atoms with E-state index in [-0.39, 0.29) is 5.91 Å². The van der Waals surface area contributed by atoms with Crippen LogP contribution in [0.25, 0.3) is 0 Å². The summed E-state index contributed by atoms with van der Waals surface area (Å²) in [7, 11) is 0. The fraction of sp³-hybridized carbons (Fsp3) is 0.389. The zero-order chi connectivity index (χ0) is 16.8. The van der Waals surface area contributed by atoms with Crippen molar-refractivity contribution in [3.8, 4) is 0 Å². The first-order valence-electron chi connectivity index (χ1n) is 7.82. The van der Waals surface area contributed by atoms with Gasteiger partial charge < -0.3 is 9.47 Å². The predicted octanol–water partition coefficient (Wildman–Crippen LogP) is 4.56. The Hall–Kier alpha value is -1.45. The summed E-state index contributed by atoms with van der Waals surface area (Å²) in [5, 5.41) is 0.229. The quantitative estimate of drug-likeness (QED) is 0.670. The van der Waals surface area contributed by atoms with Gasteiger partial charge in [0.2, 0.25) is 5.91 Å². The molecule has 0 aliphatic rings. The van der Waals surface area contributed by atoms with Gasteiger partial charge in [-0.25, -0.2) is 0 Å². The Morgan fingerprint density at radius 3 is 2.74 bits per heavy atom. The van der Waals surface area contributed by atoms with Gasteiger partial charge in [-0.1, -0.05) is 30.7 Å². The molecule has 0 radical (unpaired) electrons. The first-order chi connectivity index (χ1) is 11.0. The van der Waals surface area contributed by atoms with Gasteiger partial charge in [-0.15, -0.1) is 11.6 Å². The smallest absolute Gasteiger partial charge is 0.240 e. The Bertz CT molecular complexity index is 652. The van der Waals surface area contributed by atoms with Gasteiger partial charge in [0.15, 0.2) is 0 Å². The molecular weight excluding hydrogens is 331 g/mol. The molecule has 0 aliphatic carbocycles. The van der Waals surface area contributed by atoms with Crippen LogP contribution in [0.1, 0.15) is 31.5 Å². The topological polar surface area (TPSA) is 25.2 Å². The second kappa shape index (κ2) is 8.42. The molecule has 124 valence electrons. The number of benzene rings is 1. The van der Waals surface area contributed by atoms with E-state index >= 15 is 0 Å². The predicted molar refractivity (Wildman–Crippen MR) is 96.0 cm³/mol. The van der Waals surface area contributed by atoms with Crippen molar-refractivity contribution in [1.29, 1.82) is 0 Å². The van der Waals surface area contributed by atoms with E-state index in [1.807, 2.05) is 47.5 Å². The Morgan fingerprint density at radius 1 is 1.30 bits per heavy atom. The molecule has 0 fully saturated rings. The number of carbonyl (C=O) groups is 1. The van der Waals surface area contributed by atoms with Gasteiger partial charge in [-0.05, 0) is 43.2 Å². The Labute approximate surface area is 147 Å². The summed E-state index contributed by atoms with van der Waals surface area (Å²) in [6.07, 6.45) is 2.93. The summed E-state index contributed by atoms with van der Waals surface area (Å²) >= 11 is 12.0. The highest BCUT2D eigenvalue weighted by atomic mass is 35.5. The first-order valence-corrected chi connectivity index (χ1v) is 8.64. The molecule has 23 heavy (non-hydrogen) atoms. The number of halogens is 2. The number of rotatable bonds is 7. The number of alkyl halides is 1. The van der Waals surface area contributed by atoms with Crippen molar-refractivity contribution in [3.05, 3.63) is 58.9 Å². The average Bonchev–Trinajstić information content (AvgIpc) is 2.93. The lowest BCUT2D eigenvalue weighted by Gasteiger charge is -2.24. The van der Waals surface area contributed by atoms with Crippen molar-refractivity contribution in [2.24, 2.45) is 0 Å². The second-order valence-corrected chi connectivity index (χ2v) is 6.72. The molecule has 2 aromatic rings. The van der Waals surface area contributed by atoms with Gasteiger partial charge >= 0.3 is 0 Å². The van der Waals surface area contributed by atoms with Gasteiger partial charge in [-0.2, -0.15) is 0 Å². The molecule has 5 heteroatoms. The van der Waals surface area contributed by atoms with Crippen molar-refractivity contribution in [2.75, 3.05) is 6.54 Å². The molecule has 1 unspecified atom stereocenters. The second-order valence-electron chi connectivity index (χ2n) is 5.63. The summed E-state index contributed by atoms with van der Waals surface area (Å²) in [5.41, 5.74) is 2.22. The van der Waals surface area contributed by atoms with Crippen LogP contribution in [0.2, 0.25) is 5.02 Å². The van der Waals surface area contributed by atoms with Crippen molar-refractivity contribution in [3.63, 3.8) is 0 Å². The number of hydrogen-bond acceptors (Lipinski definition) is 1. The standard InChI is InChI=1S/C18H22Cl2N2O/c1-3-9-22(18(23)14(2)19)13-17-8-5-10-21(17)12-15-6-4-7-16(20)11-15/h4-8,10-11,14H,3,9,12-13H2,1-2H3. The van der Waals surface area contributed by atoms with Gasteiger partial charge in [0.05, 0.1) is 6.54 Å². The molecule has 1 heterocycles. The van der Waals surface area contributed by atoms with Crippen LogP contribution in [0.15, 0.2) is 42.6 Å². The van der Waals surface area contributed by atoms with Crippen LogP contribution < -0.4 is 0 Å². The SMILES string of the molecule is CCCN(Cc1cccn1Cc1cccc(Cl)c1)C(=O)C(C)Cl. The number of amides is 1. The summed E-state index contributed by atoms with van der Waals surface area (Å²) in [6, 6.07) is 11.9. The number of carbonyl (C=O) groups excluding carboxylic acids is 1. The lowest BCUT2D eigenvalue weighted by molar-refractivity contribution is -0.131. The maximum absolute atomic E-state index is 12.2. The maximum Gasteiger partial charge on any atom is 0.240 e. The van der Waals surface area contributed by atoms with Crippen molar-refractivity contribution in [1.82, 2.24) is 9.47 Å². The third-order valence-corrected chi connectivity index (χ3v) is 4.09. The van der Waals surface area contributed by atoms with Gasteiger partial charge in [-0.3, -0.25) is 4.79 Å². The highest BCUT2D eigenvalue weighted by molar-refractivity contribution is 6.30.